The van der Waals surface area contributed by atoms with Crippen molar-refractivity contribution < 1.29 is 9.53 Å². The molecule has 0 bridgehead atoms. The third kappa shape index (κ3) is 4.42. The number of ether oxygens (including phenoxy) is 1. The zero-order valence-electron chi connectivity index (χ0n) is 10.7. The number of carbonyl (C=O) groups excluding carboxylic acids is 1. The SMILES string of the molecule is CCCOC(=O)C(C)SCc1ccccc1C#N. The summed E-state index contributed by atoms with van der Waals surface area (Å²) in [5.74, 6) is 0.461. The summed E-state index contributed by atoms with van der Waals surface area (Å²) in [5, 5.41) is 8.75. The molecule has 1 aromatic rings. The van der Waals surface area contributed by atoms with Gasteiger partial charge in [-0.2, -0.15) is 5.26 Å². The van der Waals surface area contributed by atoms with Crippen molar-refractivity contribution >= 4 is 17.7 Å². The zero-order valence-corrected chi connectivity index (χ0v) is 11.5. The van der Waals surface area contributed by atoms with E-state index in [4.69, 9.17) is 10.00 Å². The fraction of sp³-hybridized carbons (Fsp3) is 0.429. The van der Waals surface area contributed by atoms with Gasteiger partial charge in [0.05, 0.1) is 23.5 Å². The lowest BCUT2D eigenvalue weighted by Gasteiger charge is -2.11. The Bertz CT molecular complexity index is 440. The van der Waals surface area contributed by atoms with Crippen LogP contribution in [-0.4, -0.2) is 17.8 Å². The minimum Gasteiger partial charge on any atom is -0.465 e. The first-order valence-electron chi connectivity index (χ1n) is 5.95. The lowest BCUT2D eigenvalue weighted by molar-refractivity contribution is -0.142. The summed E-state index contributed by atoms with van der Waals surface area (Å²) in [5.41, 5.74) is 1.62. The molecule has 0 amide bonds. The molecule has 0 aliphatic heterocycles. The maximum absolute atomic E-state index is 11.6. The largest absolute Gasteiger partial charge is 0.465 e. The Hall–Kier alpha value is -1.47. The normalized spacial score (nSPS) is 11.6. The second kappa shape index (κ2) is 7.78. The average molecular weight is 263 g/mol. The highest BCUT2D eigenvalue weighted by atomic mass is 32.2. The summed E-state index contributed by atoms with van der Waals surface area (Å²) in [6, 6.07) is 9.59. The molecular formula is C14H17NO2S. The Morgan fingerprint density at radius 1 is 1.50 bits per heavy atom. The number of hydrogen-bond acceptors (Lipinski definition) is 4. The van der Waals surface area contributed by atoms with Gasteiger partial charge >= 0.3 is 5.97 Å². The molecule has 1 aromatic carbocycles. The van der Waals surface area contributed by atoms with E-state index >= 15 is 0 Å². The first-order chi connectivity index (χ1) is 8.69. The number of carbonyl (C=O) groups is 1. The Morgan fingerprint density at radius 3 is 2.89 bits per heavy atom. The minimum atomic E-state index is -0.205. The van der Waals surface area contributed by atoms with Gasteiger partial charge in [0, 0.05) is 5.75 Å². The molecule has 3 nitrogen and oxygen atoms in total. The molecule has 0 N–H and O–H groups in total. The van der Waals surface area contributed by atoms with Crippen LogP contribution in [0.5, 0.6) is 0 Å². The molecule has 0 radical (unpaired) electrons. The monoisotopic (exact) mass is 263 g/mol. The van der Waals surface area contributed by atoms with E-state index in [0.29, 0.717) is 17.9 Å². The van der Waals surface area contributed by atoms with E-state index in [-0.39, 0.29) is 11.2 Å². The van der Waals surface area contributed by atoms with E-state index in [2.05, 4.69) is 6.07 Å². The molecule has 0 aliphatic carbocycles. The molecule has 0 saturated heterocycles. The average Bonchev–Trinajstić information content (AvgIpc) is 2.42. The van der Waals surface area contributed by atoms with E-state index in [0.717, 1.165) is 12.0 Å². The van der Waals surface area contributed by atoms with Gasteiger partial charge in [-0.25, -0.2) is 0 Å². The minimum absolute atomic E-state index is 0.184. The Kier molecular flexibility index (Phi) is 6.31. The van der Waals surface area contributed by atoms with Crippen LogP contribution in [-0.2, 0) is 15.3 Å². The molecule has 1 rings (SSSR count). The maximum Gasteiger partial charge on any atom is 0.318 e. The van der Waals surface area contributed by atoms with Gasteiger partial charge in [0.25, 0.3) is 0 Å². The van der Waals surface area contributed by atoms with Crippen molar-refractivity contribution in [3.05, 3.63) is 35.4 Å². The topological polar surface area (TPSA) is 50.1 Å². The smallest absolute Gasteiger partial charge is 0.318 e. The first-order valence-corrected chi connectivity index (χ1v) is 7.00. The van der Waals surface area contributed by atoms with Crippen molar-refractivity contribution in [2.24, 2.45) is 0 Å². The molecule has 18 heavy (non-hydrogen) atoms. The summed E-state index contributed by atoms with van der Waals surface area (Å²) >= 11 is 1.49. The molecule has 0 aliphatic rings. The van der Waals surface area contributed by atoms with Crippen LogP contribution < -0.4 is 0 Å². The van der Waals surface area contributed by atoms with Crippen LogP contribution in [0.25, 0.3) is 0 Å². The third-order valence-corrected chi connectivity index (χ3v) is 3.58. The highest BCUT2D eigenvalue weighted by molar-refractivity contribution is 7.99. The molecule has 0 aromatic heterocycles. The number of benzene rings is 1. The summed E-state index contributed by atoms with van der Waals surface area (Å²) in [7, 11) is 0. The third-order valence-electron chi connectivity index (χ3n) is 2.41. The Balaban J connectivity index is 2.50. The van der Waals surface area contributed by atoms with Crippen LogP contribution in [0.1, 0.15) is 31.4 Å². The molecule has 1 atom stereocenters. The van der Waals surface area contributed by atoms with Gasteiger partial charge in [-0.05, 0) is 25.0 Å². The van der Waals surface area contributed by atoms with Crippen molar-refractivity contribution in [2.75, 3.05) is 6.61 Å². The predicted molar refractivity (Wildman–Crippen MR) is 73.2 cm³/mol. The summed E-state index contributed by atoms with van der Waals surface area (Å²) < 4.78 is 5.07. The quantitative estimate of drug-likeness (QED) is 0.740. The standard InChI is InChI=1S/C14H17NO2S/c1-3-8-17-14(16)11(2)18-10-13-7-5-4-6-12(13)9-15/h4-7,11H,3,8,10H2,1-2H3. The van der Waals surface area contributed by atoms with Crippen LogP contribution >= 0.6 is 11.8 Å². The highest BCUT2D eigenvalue weighted by Gasteiger charge is 2.15. The van der Waals surface area contributed by atoms with E-state index in [1.807, 2.05) is 32.0 Å². The first kappa shape index (κ1) is 14.6. The van der Waals surface area contributed by atoms with E-state index < -0.39 is 0 Å². The van der Waals surface area contributed by atoms with E-state index in [1.54, 1.807) is 6.07 Å². The molecule has 1 unspecified atom stereocenters. The molecule has 0 saturated carbocycles. The van der Waals surface area contributed by atoms with Gasteiger partial charge in [0.1, 0.15) is 0 Å². The van der Waals surface area contributed by atoms with Gasteiger partial charge in [-0.15, -0.1) is 11.8 Å². The van der Waals surface area contributed by atoms with E-state index in [1.165, 1.54) is 11.8 Å². The van der Waals surface area contributed by atoms with Crippen LogP contribution in [0.3, 0.4) is 0 Å². The van der Waals surface area contributed by atoms with Crippen LogP contribution in [0.2, 0.25) is 0 Å². The number of nitrogens with zero attached hydrogens (tertiary/aromatic N) is 1. The summed E-state index contributed by atoms with van der Waals surface area (Å²) in [4.78, 5) is 11.6. The van der Waals surface area contributed by atoms with Gasteiger partial charge in [-0.1, -0.05) is 25.1 Å². The molecule has 4 heteroatoms. The number of nitriles is 1. The lowest BCUT2D eigenvalue weighted by Crippen LogP contribution is -2.17. The predicted octanol–water partition coefficient (Wildman–Crippen LogP) is 3.13. The Morgan fingerprint density at radius 2 is 2.22 bits per heavy atom. The molecule has 0 fully saturated rings. The van der Waals surface area contributed by atoms with Crippen LogP contribution in [0.4, 0.5) is 0 Å². The molecular weight excluding hydrogens is 246 g/mol. The summed E-state index contributed by atoms with van der Waals surface area (Å²) in [6.45, 7) is 4.27. The van der Waals surface area contributed by atoms with Crippen LogP contribution in [0.15, 0.2) is 24.3 Å². The lowest BCUT2D eigenvalue weighted by atomic mass is 10.1. The van der Waals surface area contributed by atoms with Gasteiger partial charge in [0.15, 0.2) is 0 Å². The van der Waals surface area contributed by atoms with Crippen LogP contribution in [0, 0.1) is 11.3 Å². The Labute approximate surface area is 112 Å². The highest BCUT2D eigenvalue weighted by Crippen LogP contribution is 2.20. The van der Waals surface area contributed by atoms with Crippen molar-refractivity contribution in [1.29, 1.82) is 5.26 Å². The number of thioether (sulfide) groups is 1. The number of rotatable bonds is 6. The number of esters is 1. The number of hydrogen-bond donors (Lipinski definition) is 0. The molecule has 96 valence electrons. The molecule has 0 heterocycles. The van der Waals surface area contributed by atoms with Crippen molar-refractivity contribution in [3.63, 3.8) is 0 Å². The fourth-order valence-electron chi connectivity index (χ4n) is 1.36. The van der Waals surface area contributed by atoms with Gasteiger partial charge in [0.2, 0.25) is 0 Å². The zero-order chi connectivity index (χ0) is 13.4. The van der Waals surface area contributed by atoms with Crippen molar-refractivity contribution in [1.82, 2.24) is 0 Å². The van der Waals surface area contributed by atoms with Gasteiger partial charge in [-0.3, -0.25) is 4.79 Å². The van der Waals surface area contributed by atoms with Crippen molar-refractivity contribution in [3.8, 4) is 6.07 Å². The summed E-state index contributed by atoms with van der Waals surface area (Å²) in [6.07, 6.45) is 0.834. The second-order valence-corrected chi connectivity index (χ2v) is 5.22. The van der Waals surface area contributed by atoms with Gasteiger partial charge < -0.3 is 4.74 Å². The fourth-order valence-corrected chi connectivity index (χ4v) is 2.24. The van der Waals surface area contributed by atoms with E-state index in [9.17, 15) is 4.79 Å². The molecule has 0 spiro atoms. The second-order valence-electron chi connectivity index (χ2n) is 3.89. The van der Waals surface area contributed by atoms with Crippen molar-refractivity contribution in [2.45, 2.75) is 31.3 Å². The maximum atomic E-state index is 11.6.